The van der Waals surface area contributed by atoms with Crippen molar-refractivity contribution in [3.63, 3.8) is 0 Å². The predicted molar refractivity (Wildman–Crippen MR) is 352 cm³/mol. The highest BCUT2D eigenvalue weighted by molar-refractivity contribution is 7.99. The molecule has 2 N–H and O–H groups in total. The summed E-state index contributed by atoms with van der Waals surface area (Å²) in [5.41, 5.74) is 14.3. The minimum atomic E-state index is -0.457. The largest absolute Gasteiger partial charge is 0.356 e. The fourth-order valence-corrected chi connectivity index (χ4v) is 16.6. The molecule has 0 saturated heterocycles. The van der Waals surface area contributed by atoms with Crippen LogP contribution in [-0.4, -0.2) is 62.0 Å². The van der Waals surface area contributed by atoms with Crippen LogP contribution in [-0.2, 0) is 46.1 Å². The molecule has 3 aromatic carbocycles. The fraction of sp³-hybridized carbons (Fsp3) is 0.457. The molecule has 0 radical (unpaired) electrons. The summed E-state index contributed by atoms with van der Waals surface area (Å²) >= 11 is 6.88. The normalized spacial score (nSPS) is 16.0. The van der Waals surface area contributed by atoms with Crippen LogP contribution < -0.4 is 10.2 Å². The highest BCUT2D eigenvalue weighted by atomic mass is 32.2. The van der Waals surface area contributed by atoms with Crippen LogP contribution in [0.2, 0.25) is 0 Å². The summed E-state index contributed by atoms with van der Waals surface area (Å²) in [5, 5.41) is 21.9. The number of para-hydroxylation sites is 2. The van der Waals surface area contributed by atoms with Gasteiger partial charge in [-0.2, -0.15) is 18.6 Å². The SMILES string of the molecule is CCCCCCc1cc(-c2cc(SCCC(=O)NCCCC[N+]3=C(/C=C4/C(=O)C(/C=C5/N(CCCC)c6ccccc6C5(C)C)=C4C(=C=N)C#N)C(C)(C)c4ccccc43)c(-c3cc(CCCCCC)c(CC)s3)c3nsnc23)sc1CC. The molecule has 0 fully saturated rings. The molecule has 83 heavy (non-hydrogen) atoms. The first kappa shape index (κ1) is 61.6. The molecule has 0 spiro atoms. The number of aromatic nitrogens is 2. The van der Waals surface area contributed by atoms with Crippen LogP contribution in [0.5, 0.6) is 0 Å². The van der Waals surface area contributed by atoms with Crippen molar-refractivity contribution in [3.8, 4) is 27.0 Å². The lowest BCUT2D eigenvalue weighted by atomic mass is 9.73. The fourth-order valence-electron chi connectivity index (χ4n) is 12.5. The van der Waals surface area contributed by atoms with E-state index in [1.165, 1.54) is 99.3 Å². The Kier molecular flexibility index (Phi) is 20.6. The summed E-state index contributed by atoms with van der Waals surface area (Å²) < 4.78 is 12.4. The third-order valence-electron chi connectivity index (χ3n) is 17.2. The minimum absolute atomic E-state index is 0.0390. The van der Waals surface area contributed by atoms with E-state index in [0.29, 0.717) is 42.0 Å². The van der Waals surface area contributed by atoms with Gasteiger partial charge in [0.05, 0.1) is 17.1 Å². The molecule has 9 nitrogen and oxygen atoms in total. The Morgan fingerprint density at radius 1 is 0.771 bits per heavy atom. The number of fused-ring (bicyclic) bond motifs is 3. The van der Waals surface area contributed by atoms with Gasteiger partial charge in [-0.05, 0) is 118 Å². The zero-order chi connectivity index (χ0) is 58.8. The molecule has 0 atom stereocenters. The van der Waals surface area contributed by atoms with E-state index in [2.05, 4.69) is 156 Å². The van der Waals surface area contributed by atoms with Crippen molar-refractivity contribution in [2.24, 2.45) is 0 Å². The lowest BCUT2D eigenvalue weighted by molar-refractivity contribution is -0.438. The molecule has 3 aliphatic rings. The van der Waals surface area contributed by atoms with E-state index in [1.807, 2.05) is 34.8 Å². The van der Waals surface area contributed by atoms with E-state index in [1.54, 1.807) is 11.8 Å². The maximum absolute atomic E-state index is 14.7. The van der Waals surface area contributed by atoms with E-state index in [9.17, 15) is 14.9 Å². The van der Waals surface area contributed by atoms with E-state index in [-0.39, 0.29) is 22.7 Å². The molecule has 13 heteroatoms. The van der Waals surface area contributed by atoms with Gasteiger partial charge in [-0.15, -0.1) is 34.4 Å². The van der Waals surface area contributed by atoms with Crippen molar-refractivity contribution in [2.75, 3.05) is 30.3 Å². The van der Waals surface area contributed by atoms with Crippen LogP contribution in [0.1, 0.15) is 178 Å². The van der Waals surface area contributed by atoms with Gasteiger partial charge in [0.15, 0.2) is 11.5 Å². The molecule has 6 aromatic rings. The summed E-state index contributed by atoms with van der Waals surface area (Å²) in [6.45, 7) is 22.1. The van der Waals surface area contributed by atoms with Crippen LogP contribution in [0.15, 0.2) is 112 Å². The highest BCUT2D eigenvalue weighted by Crippen LogP contribution is 2.51. The number of hydrogen-bond donors (Lipinski definition) is 2. The van der Waals surface area contributed by atoms with Crippen molar-refractivity contribution in [1.29, 1.82) is 10.7 Å². The third kappa shape index (κ3) is 12.8. The molecular weight excluding hydrogens is 1100 g/mol. The summed E-state index contributed by atoms with van der Waals surface area (Å²) in [4.78, 5) is 37.3. The van der Waals surface area contributed by atoms with Crippen LogP contribution in [0.3, 0.4) is 0 Å². The monoisotopic (exact) mass is 1180 g/mol. The molecule has 434 valence electrons. The third-order valence-corrected chi connectivity index (χ3v) is 21.4. The number of unbranched alkanes of at least 4 members (excludes halogenated alkanes) is 8. The number of ketones is 1. The number of thiophene rings is 2. The number of benzene rings is 3. The van der Waals surface area contributed by atoms with E-state index in [4.69, 9.17) is 14.2 Å². The first-order chi connectivity index (χ1) is 40.2. The average molecular weight is 1180 g/mol. The Morgan fingerprint density at radius 3 is 2.10 bits per heavy atom. The molecule has 9 rings (SSSR count). The number of rotatable bonds is 29. The maximum atomic E-state index is 14.7. The van der Waals surface area contributed by atoms with Crippen LogP contribution in [0.4, 0.5) is 11.4 Å². The molecule has 2 aliphatic heterocycles. The van der Waals surface area contributed by atoms with E-state index >= 15 is 0 Å². The first-order valence-electron chi connectivity index (χ1n) is 30.7. The summed E-state index contributed by atoms with van der Waals surface area (Å²) in [6.07, 6.45) is 22.1. The number of thioether (sulfide) groups is 1. The molecule has 0 saturated carbocycles. The summed E-state index contributed by atoms with van der Waals surface area (Å²) in [5.74, 6) is 2.93. The van der Waals surface area contributed by atoms with Crippen LogP contribution in [0, 0.1) is 16.7 Å². The van der Waals surface area contributed by atoms with Crippen molar-refractivity contribution < 1.29 is 14.2 Å². The Labute approximate surface area is 510 Å². The number of aryl methyl sites for hydroxylation is 4. The number of amides is 1. The first-order valence-corrected chi connectivity index (χ1v) is 34.1. The Morgan fingerprint density at radius 2 is 1.42 bits per heavy atom. The molecular formula is C70H84N7O2S4+. The smallest absolute Gasteiger partial charge is 0.220 e. The lowest BCUT2D eigenvalue weighted by Gasteiger charge is -2.30. The van der Waals surface area contributed by atoms with Gasteiger partial charge in [0.1, 0.15) is 29.2 Å². The van der Waals surface area contributed by atoms with E-state index in [0.717, 1.165) is 113 Å². The standard InChI is InChI=1S/C70H83N7O2S4/c1-10-15-18-20-28-46-39-58(81-56(46)13-4)49-41-59(65(67-66(49)74-83-75-67)60-40-47(57(14-5)82-60)29-21-19-16-11-2)80-38-34-63(78)73-35-26-27-37-77-55-33-25-23-31-53(55)70(8,9)62(77)43-51-64(48(44-71)45-72)50(68(51)79)42-61-69(6,7)52-30-22-24-32-54(52)76(61)36-17-12-3/h22-25,30-33,39-43,71H,10-21,26-29,34-38H2,1-9H3/p+1. The van der Waals surface area contributed by atoms with Crippen molar-refractivity contribution >= 4 is 91.8 Å². The molecule has 0 bridgehead atoms. The molecule has 5 heterocycles. The molecule has 0 unspecified atom stereocenters. The van der Waals surface area contributed by atoms with Gasteiger partial charge in [-0.3, -0.25) is 15.0 Å². The van der Waals surface area contributed by atoms with Gasteiger partial charge < -0.3 is 10.2 Å². The second-order valence-electron chi connectivity index (χ2n) is 23.5. The number of nitrogens with one attached hydrogen (secondary N) is 2. The number of nitrogens with zero attached hydrogens (tertiary/aromatic N) is 5. The number of hydrogen-bond acceptors (Lipinski definition) is 11. The van der Waals surface area contributed by atoms with Crippen LogP contribution in [0.25, 0.3) is 31.9 Å². The molecule has 3 aromatic heterocycles. The zero-order valence-electron chi connectivity index (χ0n) is 50.5. The number of carbonyl (C=O) groups is 2. The average Bonchev–Trinajstić information content (AvgIpc) is 4.36. The van der Waals surface area contributed by atoms with Gasteiger partial charge in [-0.25, -0.2) is 0 Å². The van der Waals surface area contributed by atoms with Crippen LogP contribution >= 0.6 is 46.2 Å². The predicted octanol–water partition coefficient (Wildman–Crippen LogP) is 18.0. The Bertz CT molecular complexity index is 3600. The zero-order valence-corrected chi connectivity index (χ0v) is 53.8. The second kappa shape index (κ2) is 27.8. The maximum Gasteiger partial charge on any atom is 0.220 e. The van der Waals surface area contributed by atoms with Gasteiger partial charge in [-0.1, -0.05) is 130 Å². The lowest BCUT2D eigenvalue weighted by Crippen LogP contribution is -2.33. The number of Topliss-reactive ketones (excluding diaryl/α,β-unsaturated/α-hetero) is 1. The van der Waals surface area contributed by atoms with Crippen molar-refractivity contribution in [3.05, 3.63) is 139 Å². The van der Waals surface area contributed by atoms with Crippen molar-refractivity contribution in [1.82, 2.24) is 14.1 Å². The van der Waals surface area contributed by atoms with E-state index < -0.39 is 5.41 Å². The number of allylic oxidation sites excluding steroid dienone is 7. The summed E-state index contributed by atoms with van der Waals surface area (Å²) in [6, 6.07) is 26.3. The Hall–Kier alpha value is -6.00. The second-order valence-corrected chi connectivity index (χ2v) is 27.4. The van der Waals surface area contributed by atoms with Gasteiger partial charge >= 0.3 is 0 Å². The number of nitriles is 1. The topological polar surface area (TPSA) is 126 Å². The quantitative estimate of drug-likeness (QED) is 0.0120. The van der Waals surface area contributed by atoms with Gasteiger partial charge in [0.2, 0.25) is 11.6 Å². The Balaban J connectivity index is 0.927. The molecule has 1 aliphatic carbocycles. The highest BCUT2D eigenvalue weighted by Gasteiger charge is 2.47. The van der Waals surface area contributed by atoms with Gasteiger partial charge in [0.25, 0.3) is 0 Å². The van der Waals surface area contributed by atoms with Gasteiger partial charge in [0, 0.05) is 118 Å². The number of anilines is 1. The summed E-state index contributed by atoms with van der Waals surface area (Å²) in [7, 11) is 0. The molecule has 1 amide bonds. The minimum Gasteiger partial charge on any atom is -0.356 e. The number of carbonyl (C=O) groups excluding carboxylic acids is 2. The van der Waals surface area contributed by atoms with Crippen molar-refractivity contribution in [2.45, 2.75) is 187 Å².